The molecule has 1 atom stereocenters. The Labute approximate surface area is 148 Å². The molecule has 1 unspecified atom stereocenters. The lowest BCUT2D eigenvalue weighted by Crippen LogP contribution is -2.47. The molecule has 2 fully saturated rings. The maximum atomic E-state index is 13.9. The van der Waals surface area contributed by atoms with Crippen LogP contribution in [0.25, 0.3) is 0 Å². The minimum Gasteiger partial charge on any atom is -0.346 e. The average Bonchev–Trinajstić information content (AvgIpc) is 3.10. The van der Waals surface area contributed by atoms with Gasteiger partial charge < -0.3 is 10.2 Å². The van der Waals surface area contributed by atoms with Crippen LogP contribution in [0.15, 0.2) is 24.3 Å². The summed E-state index contributed by atoms with van der Waals surface area (Å²) in [5, 5.41) is 2.79. The van der Waals surface area contributed by atoms with E-state index >= 15 is 0 Å². The van der Waals surface area contributed by atoms with Gasteiger partial charge in [-0.2, -0.15) is 0 Å². The van der Waals surface area contributed by atoms with Crippen LogP contribution in [0.1, 0.15) is 37.7 Å². The molecule has 25 heavy (non-hydrogen) atoms. The standard InChI is InChI=1S/C19H26FN3O2/c20-16-8-3-2-7-15(16)14-23-12-6-9-17(23)19(25)21-13-18(24)22-10-4-1-5-11-22/h2-3,7-8,17H,1,4-6,9-14H2,(H,21,25). The quantitative estimate of drug-likeness (QED) is 0.885. The van der Waals surface area contributed by atoms with Crippen LogP contribution in [-0.2, 0) is 16.1 Å². The van der Waals surface area contributed by atoms with E-state index in [2.05, 4.69) is 5.32 Å². The number of amides is 2. The second-order valence-electron chi connectivity index (χ2n) is 6.88. The van der Waals surface area contributed by atoms with Crippen molar-refractivity contribution in [2.24, 2.45) is 0 Å². The first-order valence-electron chi connectivity index (χ1n) is 9.18. The van der Waals surface area contributed by atoms with Gasteiger partial charge in [-0.1, -0.05) is 18.2 Å². The maximum Gasteiger partial charge on any atom is 0.241 e. The van der Waals surface area contributed by atoms with E-state index in [1.165, 1.54) is 12.5 Å². The van der Waals surface area contributed by atoms with Gasteiger partial charge in [0.2, 0.25) is 11.8 Å². The van der Waals surface area contributed by atoms with Crippen LogP contribution >= 0.6 is 0 Å². The summed E-state index contributed by atoms with van der Waals surface area (Å²) in [5.74, 6) is -0.375. The zero-order valence-corrected chi connectivity index (χ0v) is 14.5. The topological polar surface area (TPSA) is 52.7 Å². The predicted octanol–water partition coefficient (Wildman–Crippen LogP) is 1.92. The number of hydrogen-bond donors (Lipinski definition) is 1. The number of carbonyl (C=O) groups excluding carboxylic acids is 2. The van der Waals surface area contributed by atoms with Gasteiger partial charge in [0.1, 0.15) is 5.82 Å². The van der Waals surface area contributed by atoms with Crippen molar-refractivity contribution >= 4 is 11.8 Å². The average molecular weight is 347 g/mol. The van der Waals surface area contributed by atoms with Crippen molar-refractivity contribution < 1.29 is 14.0 Å². The third-order valence-electron chi connectivity index (χ3n) is 5.12. The molecule has 2 heterocycles. The minimum absolute atomic E-state index is 0.00768. The molecule has 1 N–H and O–H groups in total. The third kappa shape index (κ3) is 4.57. The lowest BCUT2D eigenvalue weighted by Gasteiger charge is -2.28. The van der Waals surface area contributed by atoms with Crippen molar-refractivity contribution in [3.63, 3.8) is 0 Å². The summed E-state index contributed by atoms with van der Waals surface area (Å²) in [6.07, 6.45) is 4.91. The lowest BCUT2D eigenvalue weighted by atomic mass is 10.1. The van der Waals surface area contributed by atoms with Gasteiger partial charge in [-0.25, -0.2) is 4.39 Å². The highest BCUT2D eigenvalue weighted by molar-refractivity contribution is 5.87. The number of hydrogen-bond acceptors (Lipinski definition) is 3. The molecule has 1 aromatic rings. The Hall–Kier alpha value is -1.95. The highest BCUT2D eigenvalue weighted by atomic mass is 19.1. The van der Waals surface area contributed by atoms with Gasteiger partial charge in [-0.05, 0) is 44.7 Å². The molecule has 0 bridgehead atoms. The number of benzene rings is 1. The molecule has 3 rings (SSSR count). The largest absolute Gasteiger partial charge is 0.346 e. The number of nitrogens with zero attached hydrogens (tertiary/aromatic N) is 2. The molecule has 0 saturated carbocycles. The van der Waals surface area contributed by atoms with E-state index in [9.17, 15) is 14.0 Å². The number of carbonyl (C=O) groups is 2. The van der Waals surface area contributed by atoms with E-state index in [-0.39, 0.29) is 30.2 Å². The zero-order chi connectivity index (χ0) is 17.6. The summed E-state index contributed by atoms with van der Waals surface area (Å²) in [6.45, 7) is 2.83. The summed E-state index contributed by atoms with van der Waals surface area (Å²) in [5.41, 5.74) is 0.603. The lowest BCUT2D eigenvalue weighted by molar-refractivity contribution is -0.134. The number of piperidine rings is 1. The first-order valence-corrected chi connectivity index (χ1v) is 9.18. The molecule has 6 heteroatoms. The molecule has 2 aliphatic rings. The summed E-state index contributed by atoms with van der Waals surface area (Å²) in [6, 6.07) is 6.38. The van der Waals surface area contributed by atoms with Crippen LogP contribution < -0.4 is 5.32 Å². The van der Waals surface area contributed by atoms with E-state index < -0.39 is 0 Å². The van der Waals surface area contributed by atoms with Gasteiger partial charge in [-0.3, -0.25) is 14.5 Å². The van der Waals surface area contributed by atoms with Gasteiger partial charge in [0.05, 0.1) is 12.6 Å². The van der Waals surface area contributed by atoms with Crippen LogP contribution in [0.2, 0.25) is 0 Å². The molecule has 2 saturated heterocycles. The fourth-order valence-electron chi connectivity index (χ4n) is 3.69. The molecule has 0 aromatic heterocycles. The molecule has 5 nitrogen and oxygen atoms in total. The van der Waals surface area contributed by atoms with Crippen molar-refractivity contribution in [3.05, 3.63) is 35.6 Å². The Balaban J connectivity index is 1.52. The highest BCUT2D eigenvalue weighted by Crippen LogP contribution is 2.21. The highest BCUT2D eigenvalue weighted by Gasteiger charge is 2.31. The van der Waals surface area contributed by atoms with E-state index in [1.807, 2.05) is 9.80 Å². The smallest absolute Gasteiger partial charge is 0.241 e. The Bertz CT molecular complexity index is 616. The SMILES string of the molecule is O=C(NCC(=O)N1CCCCC1)C1CCCN1Cc1ccccc1F. The van der Waals surface area contributed by atoms with Crippen LogP contribution in [0.5, 0.6) is 0 Å². The van der Waals surface area contributed by atoms with Gasteiger partial charge in [0, 0.05) is 25.2 Å². The van der Waals surface area contributed by atoms with E-state index in [0.717, 1.165) is 45.3 Å². The van der Waals surface area contributed by atoms with Gasteiger partial charge in [0.25, 0.3) is 0 Å². The van der Waals surface area contributed by atoms with Crippen molar-refractivity contribution in [3.8, 4) is 0 Å². The van der Waals surface area contributed by atoms with Gasteiger partial charge >= 0.3 is 0 Å². The molecular formula is C19H26FN3O2. The molecule has 1 aromatic carbocycles. The fraction of sp³-hybridized carbons (Fsp3) is 0.579. The van der Waals surface area contributed by atoms with Gasteiger partial charge in [0.15, 0.2) is 0 Å². The van der Waals surface area contributed by atoms with Crippen molar-refractivity contribution in [1.82, 2.24) is 15.1 Å². The predicted molar refractivity (Wildman–Crippen MR) is 93.3 cm³/mol. The van der Waals surface area contributed by atoms with Crippen molar-refractivity contribution in [2.75, 3.05) is 26.2 Å². The number of halogens is 1. The van der Waals surface area contributed by atoms with E-state index in [0.29, 0.717) is 12.1 Å². The van der Waals surface area contributed by atoms with Crippen molar-refractivity contribution in [1.29, 1.82) is 0 Å². The molecule has 0 radical (unpaired) electrons. The van der Waals surface area contributed by atoms with E-state index in [1.54, 1.807) is 18.2 Å². The van der Waals surface area contributed by atoms with Gasteiger partial charge in [-0.15, -0.1) is 0 Å². The van der Waals surface area contributed by atoms with Crippen LogP contribution in [-0.4, -0.2) is 53.8 Å². The summed E-state index contributed by atoms with van der Waals surface area (Å²) in [7, 11) is 0. The minimum atomic E-state index is -0.284. The Morgan fingerprint density at radius 2 is 1.84 bits per heavy atom. The second-order valence-corrected chi connectivity index (χ2v) is 6.88. The molecule has 2 amide bonds. The summed E-state index contributed by atoms with van der Waals surface area (Å²) < 4.78 is 13.9. The van der Waals surface area contributed by atoms with Crippen LogP contribution in [0.3, 0.4) is 0 Å². The van der Waals surface area contributed by atoms with Crippen LogP contribution in [0, 0.1) is 5.82 Å². The second kappa shape index (κ2) is 8.43. The van der Waals surface area contributed by atoms with E-state index in [4.69, 9.17) is 0 Å². The first kappa shape index (κ1) is 17.9. The number of nitrogens with one attached hydrogen (secondary N) is 1. The molecular weight excluding hydrogens is 321 g/mol. The van der Waals surface area contributed by atoms with Crippen LogP contribution in [0.4, 0.5) is 4.39 Å². The fourth-order valence-corrected chi connectivity index (χ4v) is 3.69. The Morgan fingerprint density at radius 1 is 1.08 bits per heavy atom. The summed E-state index contributed by atoms with van der Waals surface area (Å²) >= 11 is 0. The Morgan fingerprint density at radius 3 is 2.60 bits per heavy atom. The normalized spacial score (nSPS) is 21.3. The number of likely N-dealkylation sites (tertiary alicyclic amines) is 2. The monoisotopic (exact) mass is 347 g/mol. The molecule has 0 aliphatic carbocycles. The third-order valence-corrected chi connectivity index (χ3v) is 5.12. The maximum absolute atomic E-state index is 13.9. The Kier molecular flexibility index (Phi) is 6.02. The first-order chi connectivity index (χ1) is 12.1. The van der Waals surface area contributed by atoms with Crippen molar-refractivity contribution in [2.45, 2.75) is 44.7 Å². The number of rotatable bonds is 5. The summed E-state index contributed by atoms with van der Waals surface area (Å²) in [4.78, 5) is 28.5. The molecule has 0 spiro atoms. The molecule has 2 aliphatic heterocycles. The molecule has 136 valence electrons. The zero-order valence-electron chi connectivity index (χ0n) is 14.5.